The first-order valence-corrected chi connectivity index (χ1v) is 7.24. The lowest BCUT2D eigenvalue weighted by atomic mass is 10.2. The van der Waals surface area contributed by atoms with Crippen molar-refractivity contribution < 1.29 is 4.21 Å². The highest BCUT2D eigenvalue weighted by molar-refractivity contribution is 7.88. The molecule has 1 unspecified atom stereocenters. The predicted molar refractivity (Wildman–Crippen MR) is 79.6 cm³/mol. The van der Waals surface area contributed by atoms with Crippen LogP contribution in [0.15, 0.2) is 52.1 Å². The second kappa shape index (κ2) is 6.99. The molecule has 2 rings (SSSR count). The van der Waals surface area contributed by atoms with Gasteiger partial charge in [0.1, 0.15) is 6.33 Å². The predicted octanol–water partition coefficient (Wildman–Crippen LogP) is 2.74. The van der Waals surface area contributed by atoms with Crippen molar-refractivity contribution in [1.82, 2.24) is 9.97 Å². The van der Waals surface area contributed by atoms with E-state index >= 15 is 0 Å². The van der Waals surface area contributed by atoms with Gasteiger partial charge in [0.05, 0.1) is 28.0 Å². The number of nitrogens with zero attached hydrogens (tertiary/aromatic N) is 3. The van der Waals surface area contributed by atoms with Crippen LogP contribution in [0.3, 0.4) is 0 Å². The molecular formula is C13H11N3OS2. The molecule has 4 nitrogen and oxygen atoms in total. The first-order chi connectivity index (χ1) is 9.31. The fourth-order valence-electron chi connectivity index (χ4n) is 1.51. The molecule has 1 atom stereocenters. The van der Waals surface area contributed by atoms with E-state index < -0.39 is 10.8 Å². The van der Waals surface area contributed by atoms with Crippen LogP contribution in [0.1, 0.15) is 6.42 Å². The van der Waals surface area contributed by atoms with Gasteiger partial charge in [0.15, 0.2) is 0 Å². The Kier molecular flexibility index (Phi) is 5.03. The molecule has 1 aromatic heterocycles. The number of hydrogen-bond acceptors (Lipinski definition) is 5. The SMILES string of the molecule is O=S(/C=C/CCN=C=S)c1ccc2ncncc2c1. The maximum atomic E-state index is 12.0. The topological polar surface area (TPSA) is 55.2 Å². The molecular weight excluding hydrogens is 278 g/mol. The van der Waals surface area contributed by atoms with Crippen LogP contribution in [0.25, 0.3) is 10.9 Å². The zero-order chi connectivity index (χ0) is 13.5. The lowest BCUT2D eigenvalue weighted by Crippen LogP contribution is -1.88. The van der Waals surface area contributed by atoms with Crippen LogP contribution in [0, 0.1) is 0 Å². The lowest BCUT2D eigenvalue weighted by molar-refractivity contribution is 0.688. The maximum absolute atomic E-state index is 12.0. The highest BCUT2D eigenvalue weighted by Crippen LogP contribution is 2.15. The Morgan fingerprint density at radius 2 is 2.37 bits per heavy atom. The summed E-state index contributed by atoms with van der Waals surface area (Å²) in [5.74, 6) is 0. The van der Waals surface area contributed by atoms with E-state index in [2.05, 4.69) is 32.3 Å². The van der Waals surface area contributed by atoms with E-state index in [4.69, 9.17) is 0 Å². The number of rotatable bonds is 5. The molecule has 2 aromatic rings. The van der Waals surface area contributed by atoms with Gasteiger partial charge in [-0.15, -0.1) is 0 Å². The molecule has 0 amide bonds. The van der Waals surface area contributed by atoms with Gasteiger partial charge >= 0.3 is 0 Å². The van der Waals surface area contributed by atoms with Gasteiger partial charge in [0.2, 0.25) is 0 Å². The van der Waals surface area contributed by atoms with Crippen molar-refractivity contribution in [2.45, 2.75) is 11.3 Å². The van der Waals surface area contributed by atoms with Gasteiger partial charge in [-0.05, 0) is 36.8 Å². The van der Waals surface area contributed by atoms with E-state index in [1.807, 2.05) is 24.3 Å². The summed E-state index contributed by atoms with van der Waals surface area (Å²) in [6.07, 6.45) is 5.74. The molecule has 0 aliphatic rings. The average molecular weight is 289 g/mol. The summed E-state index contributed by atoms with van der Waals surface area (Å²) >= 11 is 4.46. The monoisotopic (exact) mass is 289 g/mol. The number of isothiocyanates is 1. The Balaban J connectivity index is 2.10. The van der Waals surface area contributed by atoms with Crippen molar-refractivity contribution in [1.29, 1.82) is 0 Å². The summed E-state index contributed by atoms with van der Waals surface area (Å²) in [4.78, 5) is 12.6. The van der Waals surface area contributed by atoms with Crippen LogP contribution in [0.4, 0.5) is 0 Å². The molecule has 6 heteroatoms. The van der Waals surface area contributed by atoms with Crippen LogP contribution in [0.5, 0.6) is 0 Å². The van der Waals surface area contributed by atoms with E-state index in [0.717, 1.165) is 15.8 Å². The summed E-state index contributed by atoms with van der Waals surface area (Å²) in [7, 11) is -1.17. The minimum absolute atomic E-state index is 0.572. The summed E-state index contributed by atoms with van der Waals surface area (Å²) in [6, 6.07) is 5.49. The van der Waals surface area contributed by atoms with Crippen LogP contribution in [-0.2, 0) is 10.8 Å². The van der Waals surface area contributed by atoms with E-state index in [9.17, 15) is 4.21 Å². The van der Waals surface area contributed by atoms with Gasteiger partial charge in [-0.3, -0.25) is 0 Å². The van der Waals surface area contributed by atoms with Crippen LogP contribution < -0.4 is 0 Å². The van der Waals surface area contributed by atoms with Gasteiger partial charge in [0, 0.05) is 21.9 Å². The molecule has 0 aliphatic carbocycles. The third-order valence-corrected chi connectivity index (χ3v) is 3.69. The van der Waals surface area contributed by atoms with E-state index in [1.54, 1.807) is 11.6 Å². The Bertz CT molecular complexity index is 678. The molecule has 1 aromatic carbocycles. The fraction of sp³-hybridized carbons (Fsp3) is 0.154. The molecule has 0 aliphatic heterocycles. The van der Waals surface area contributed by atoms with Crippen molar-refractivity contribution >= 4 is 39.1 Å². The highest BCUT2D eigenvalue weighted by atomic mass is 32.2. The van der Waals surface area contributed by atoms with E-state index in [1.165, 1.54) is 6.33 Å². The van der Waals surface area contributed by atoms with E-state index in [0.29, 0.717) is 13.0 Å². The average Bonchev–Trinajstić information content (AvgIpc) is 2.46. The van der Waals surface area contributed by atoms with Crippen molar-refractivity contribution in [3.63, 3.8) is 0 Å². The minimum Gasteiger partial charge on any atom is -0.250 e. The summed E-state index contributed by atoms with van der Waals surface area (Å²) < 4.78 is 12.0. The Morgan fingerprint density at radius 1 is 1.47 bits per heavy atom. The molecule has 19 heavy (non-hydrogen) atoms. The van der Waals surface area contributed by atoms with Gasteiger partial charge in [-0.1, -0.05) is 6.08 Å². The number of aromatic nitrogens is 2. The van der Waals surface area contributed by atoms with Gasteiger partial charge in [-0.25, -0.2) is 19.2 Å². The highest BCUT2D eigenvalue weighted by Gasteiger charge is 2.01. The minimum atomic E-state index is -1.17. The van der Waals surface area contributed by atoms with Crippen LogP contribution in [0.2, 0.25) is 0 Å². The largest absolute Gasteiger partial charge is 0.250 e. The molecule has 0 spiro atoms. The number of thiocarbonyl (C=S) groups is 1. The molecule has 0 fully saturated rings. The van der Waals surface area contributed by atoms with Gasteiger partial charge in [0.25, 0.3) is 0 Å². The molecule has 0 radical (unpaired) electrons. The van der Waals surface area contributed by atoms with Gasteiger partial charge in [-0.2, -0.15) is 0 Å². The van der Waals surface area contributed by atoms with Crippen molar-refractivity contribution in [3.8, 4) is 0 Å². The maximum Gasteiger partial charge on any atom is 0.116 e. The normalized spacial score (nSPS) is 12.4. The lowest BCUT2D eigenvalue weighted by Gasteiger charge is -1.99. The summed E-state index contributed by atoms with van der Waals surface area (Å²) in [5.41, 5.74) is 0.843. The molecule has 0 saturated carbocycles. The van der Waals surface area contributed by atoms with Crippen molar-refractivity contribution in [3.05, 3.63) is 42.2 Å². The number of benzene rings is 1. The van der Waals surface area contributed by atoms with Crippen LogP contribution in [-0.4, -0.2) is 25.9 Å². The number of fused-ring (bicyclic) bond motifs is 1. The zero-order valence-electron chi connectivity index (χ0n) is 10.0. The molecule has 1 heterocycles. The van der Waals surface area contributed by atoms with Crippen molar-refractivity contribution in [2.24, 2.45) is 4.99 Å². The third kappa shape index (κ3) is 3.86. The first kappa shape index (κ1) is 13.7. The Hall–Kier alpha value is -1.75. The summed E-state index contributed by atoms with van der Waals surface area (Å²) in [6.45, 7) is 0.572. The molecule has 0 N–H and O–H groups in total. The second-order valence-corrected chi connectivity index (χ2v) is 5.20. The fourth-order valence-corrected chi connectivity index (χ4v) is 2.51. The number of aliphatic imine (C=N–C) groups is 1. The summed E-state index contributed by atoms with van der Waals surface area (Å²) in [5, 5.41) is 4.83. The quantitative estimate of drug-likeness (QED) is 0.482. The standard InChI is InChI=1S/C13H11N3OS2/c17-19(6-2-1-5-14-10-18)12-3-4-13-11(7-12)8-15-9-16-13/h2-4,6-9H,1,5H2/b6-2+. The van der Waals surface area contributed by atoms with Gasteiger partial charge < -0.3 is 0 Å². The molecule has 0 bridgehead atoms. The third-order valence-electron chi connectivity index (χ3n) is 2.40. The Labute approximate surface area is 118 Å². The second-order valence-electron chi connectivity index (χ2n) is 3.67. The molecule has 96 valence electrons. The van der Waals surface area contributed by atoms with E-state index in [-0.39, 0.29) is 0 Å². The zero-order valence-corrected chi connectivity index (χ0v) is 11.7. The van der Waals surface area contributed by atoms with Crippen LogP contribution >= 0.6 is 12.2 Å². The van der Waals surface area contributed by atoms with Crippen molar-refractivity contribution in [2.75, 3.05) is 6.54 Å². The molecule has 0 saturated heterocycles. The smallest absolute Gasteiger partial charge is 0.116 e. The Morgan fingerprint density at radius 3 is 3.21 bits per heavy atom. The first-order valence-electron chi connectivity index (χ1n) is 5.62. The number of hydrogen-bond donors (Lipinski definition) is 0.